The van der Waals surface area contributed by atoms with Crippen molar-refractivity contribution in [3.8, 4) is 0 Å². The Kier molecular flexibility index (Phi) is 3.75. The van der Waals surface area contributed by atoms with Gasteiger partial charge in [0, 0.05) is 19.3 Å². The van der Waals surface area contributed by atoms with E-state index in [1.54, 1.807) is 0 Å². The first-order valence-electron chi connectivity index (χ1n) is 6.68. The van der Waals surface area contributed by atoms with Gasteiger partial charge in [-0.25, -0.2) is 0 Å². The van der Waals surface area contributed by atoms with Crippen LogP contribution in [-0.4, -0.2) is 27.8 Å². The van der Waals surface area contributed by atoms with Crippen LogP contribution in [0.25, 0.3) is 0 Å². The van der Waals surface area contributed by atoms with Crippen LogP contribution in [0.4, 0.5) is 0 Å². The number of furan rings is 1. The summed E-state index contributed by atoms with van der Waals surface area (Å²) < 4.78 is 8.77. The molecule has 0 amide bonds. The highest BCUT2D eigenvalue weighted by Gasteiger charge is 2.21. The minimum Gasteiger partial charge on any atom is -0.465 e. The van der Waals surface area contributed by atoms with Crippen molar-refractivity contribution in [2.24, 2.45) is 0 Å². The van der Waals surface area contributed by atoms with Gasteiger partial charge in [-0.1, -0.05) is 0 Å². The standard InChI is InChI=1S/C14H18BrN3O/c1-11-2-3-14(19-11)10-17-6-4-13(5-7-17)18-9-12(15)8-16-18/h2-3,8-9,13H,4-7,10H2,1H3. The number of halogens is 1. The maximum atomic E-state index is 5.64. The summed E-state index contributed by atoms with van der Waals surface area (Å²) in [5.74, 6) is 2.06. The normalized spacial score (nSPS) is 18.0. The highest BCUT2D eigenvalue weighted by Crippen LogP contribution is 2.24. The van der Waals surface area contributed by atoms with Crippen LogP contribution >= 0.6 is 15.9 Å². The highest BCUT2D eigenvalue weighted by molar-refractivity contribution is 9.10. The Morgan fingerprint density at radius 1 is 1.37 bits per heavy atom. The van der Waals surface area contributed by atoms with Crippen LogP contribution < -0.4 is 0 Å². The Morgan fingerprint density at radius 3 is 2.74 bits per heavy atom. The highest BCUT2D eigenvalue weighted by atomic mass is 79.9. The van der Waals surface area contributed by atoms with E-state index >= 15 is 0 Å². The number of aromatic nitrogens is 2. The van der Waals surface area contributed by atoms with Crippen molar-refractivity contribution in [3.05, 3.63) is 40.5 Å². The van der Waals surface area contributed by atoms with E-state index in [1.807, 2.05) is 19.2 Å². The SMILES string of the molecule is Cc1ccc(CN2CCC(n3cc(Br)cn3)CC2)o1. The van der Waals surface area contributed by atoms with Gasteiger partial charge in [0.05, 0.1) is 23.3 Å². The van der Waals surface area contributed by atoms with Gasteiger partial charge in [-0.15, -0.1) is 0 Å². The van der Waals surface area contributed by atoms with E-state index in [9.17, 15) is 0 Å². The van der Waals surface area contributed by atoms with Crippen molar-refractivity contribution in [1.29, 1.82) is 0 Å². The molecule has 0 aliphatic carbocycles. The second-order valence-electron chi connectivity index (χ2n) is 5.16. The maximum absolute atomic E-state index is 5.64. The molecule has 0 saturated carbocycles. The van der Waals surface area contributed by atoms with E-state index < -0.39 is 0 Å². The smallest absolute Gasteiger partial charge is 0.118 e. The molecule has 102 valence electrons. The molecule has 3 heterocycles. The fourth-order valence-electron chi connectivity index (χ4n) is 2.65. The minimum absolute atomic E-state index is 0.529. The van der Waals surface area contributed by atoms with Crippen LogP contribution in [0.5, 0.6) is 0 Å². The zero-order chi connectivity index (χ0) is 13.2. The number of likely N-dealkylation sites (tertiary alicyclic amines) is 1. The molecule has 0 radical (unpaired) electrons. The van der Waals surface area contributed by atoms with Crippen molar-refractivity contribution in [2.75, 3.05) is 13.1 Å². The topological polar surface area (TPSA) is 34.2 Å². The van der Waals surface area contributed by atoms with Gasteiger partial charge in [0.25, 0.3) is 0 Å². The first kappa shape index (κ1) is 12.9. The molecule has 0 N–H and O–H groups in total. The van der Waals surface area contributed by atoms with Crippen LogP contribution in [0, 0.1) is 6.92 Å². The lowest BCUT2D eigenvalue weighted by Gasteiger charge is -2.31. The fraction of sp³-hybridized carbons (Fsp3) is 0.500. The zero-order valence-corrected chi connectivity index (χ0v) is 12.6. The molecular formula is C14H18BrN3O. The Hall–Kier alpha value is -1.07. The third-order valence-corrected chi connectivity index (χ3v) is 4.09. The van der Waals surface area contributed by atoms with Crippen LogP contribution in [0.1, 0.15) is 30.4 Å². The quantitative estimate of drug-likeness (QED) is 0.868. The molecule has 0 spiro atoms. The largest absolute Gasteiger partial charge is 0.465 e. The summed E-state index contributed by atoms with van der Waals surface area (Å²) >= 11 is 3.45. The second kappa shape index (κ2) is 5.51. The molecule has 1 saturated heterocycles. The summed E-state index contributed by atoms with van der Waals surface area (Å²) in [7, 11) is 0. The molecule has 3 rings (SSSR count). The van der Waals surface area contributed by atoms with Gasteiger partial charge >= 0.3 is 0 Å². The van der Waals surface area contributed by atoms with E-state index in [-0.39, 0.29) is 0 Å². The lowest BCUT2D eigenvalue weighted by atomic mass is 10.1. The van der Waals surface area contributed by atoms with Crippen molar-refractivity contribution in [1.82, 2.24) is 14.7 Å². The third kappa shape index (κ3) is 3.09. The Morgan fingerprint density at radius 2 is 2.16 bits per heavy atom. The molecule has 1 aliphatic heterocycles. The summed E-state index contributed by atoms with van der Waals surface area (Å²) in [5, 5.41) is 4.38. The van der Waals surface area contributed by atoms with E-state index in [0.29, 0.717) is 6.04 Å². The Balaban J connectivity index is 1.54. The number of rotatable bonds is 3. The van der Waals surface area contributed by atoms with Gasteiger partial charge in [-0.05, 0) is 47.8 Å². The summed E-state index contributed by atoms with van der Waals surface area (Å²) in [6.07, 6.45) is 6.22. The number of hydrogen-bond acceptors (Lipinski definition) is 3. The molecule has 0 bridgehead atoms. The number of piperidine rings is 1. The third-order valence-electron chi connectivity index (χ3n) is 3.68. The van der Waals surface area contributed by atoms with E-state index in [2.05, 4.69) is 42.9 Å². The van der Waals surface area contributed by atoms with Gasteiger partial charge in [0.2, 0.25) is 0 Å². The minimum atomic E-state index is 0.529. The van der Waals surface area contributed by atoms with Gasteiger partial charge < -0.3 is 4.42 Å². The first-order chi connectivity index (χ1) is 9.20. The van der Waals surface area contributed by atoms with Crippen LogP contribution in [0.2, 0.25) is 0 Å². The van der Waals surface area contributed by atoms with Gasteiger partial charge in [-0.2, -0.15) is 5.10 Å². The number of hydrogen-bond donors (Lipinski definition) is 0. The molecule has 2 aromatic rings. The van der Waals surface area contributed by atoms with E-state index in [0.717, 1.165) is 48.5 Å². The molecular weight excluding hydrogens is 306 g/mol. The van der Waals surface area contributed by atoms with Crippen LogP contribution in [0.15, 0.2) is 33.4 Å². The van der Waals surface area contributed by atoms with E-state index in [1.165, 1.54) is 0 Å². The van der Waals surface area contributed by atoms with Gasteiger partial charge in [0.1, 0.15) is 11.5 Å². The summed E-state index contributed by atoms with van der Waals surface area (Å²) in [6.45, 7) is 5.11. The average Bonchev–Trinajstić information content (AvgIpc) is 3.00. The zero-order valence-electron chi connectivity index (χ0n) is 11.1. The van der Waals surface area contributed by atoms with Crippen molar-refractivity contribution in [2.45, 2.75) is 32.4 Å². The predicted octanol–water partition coefficient (Wildman–Crippen LogP) is 3.38. The van der Waals surface area contributed by atoms with Crippen molar-refractivity contribution < 1.29 is 4.42 Å². The monoisotopic (exact) mass is 323 g/mol. The Bertz CT molecular complexity index is 540. The molecule has 5 heteroatoms. The van der Waals surface area contributed by atoms with Crippen molar-refractivity contribution >= 4 is 15.9 Å². The molecule has 0 atom stereocenters. The fourth-order valence-corrected chi connectivity index (χ4v) is 2.95. The summed E-state index contributed by atoms with van der Waals surface area (Å²) in [6, 6.07) is 4.64. The molecule has 0 aromatic carbocycles. The number of nitrogens with zero attached hydrogens (tertiary/aromatic N) is 3. The predicted molar refractivity (Wildman–Crippen MR) is 76.9 cm³/mol. The first-order valence-corrected chi connectivity index (χ1v) is 7.47. The van der Waals surface area contributed by atoms with Gasteiger partial charge in [0.15, 0.2) is 0 Å². The lowest BCUT2D eigenvalue weighted by molar-refractivity contribution is 0.162. The summed E-state index contributed by atoms with van der Waals surface area (Å²) in [4.78, 5) is 2.45. The number of aryl methyl sites for hydroxylation is 1. The molecule has 19 heavy (non-hydrogen) atoms. The van der Waals surface area contributed by atoms with E-state index in [4.69, 9.17) is 4.42 Å². The molecule has 1 fully saturated rings. The average molecular weight is 324 g/mol. The van der Waals surface area contributed by atoms with Gasteiger partial charge in [-0.3, -0.25) is 9.58 Å². The molecule has 0 unspecified atom stereocenters. The summed E-state index contributed by atoms with van der Waals surface area (Å²) in [5.41, 5.74) is 0. The Labute approximate surface area is 121 Å². The second-order valence-corrected chi connectivity index (χ2v) is 6.07. The molecule has 1 aliphatic rings. The lowest BCUT2D eigenvalue weighted by Crippen LogP contribution is -2.34. The maximum Gasteiger partial charge on any atom is 0.118 e. The molecule has 2 aromatic heterocycles. The van der Waals surface area contributed by atoms with Crippen LogP contribution in [-0.2, 0) is 6.54 Å². The van der Waals surface area contributed by atoms with Crippen LogP contribution in [0.3, 0.4) is 0 Å². The van der Waals surface area contributed by atoms with Crippen molar-refractivity contribution in [3.63, 3.8) is 0 Å². The molecule has 4 nitrogen and oxygen atoms in total.